The summed E-state index contributed by atoms with van der Waals surface area (Å²) in [6, 6.07) is 14.5. The molecule has 0 spiro atoms. The van der Waals surface area contributed by atoms with Crippen molar-refractivity contribution in [1.82, 2.24) is 9.97 Å². The summed E-state index contributed by atoms with van der Waals surface area (Å²) in [5.74, 6) is 0. The van der Waals surface area contributed by atoms with E-state index in [2.05, 4.69) is 52.9 Å². The van der Waals surface area contributed by atoms with Gasteiger partial charge in [-0.25, -0.2) is 9.97 Å². The molecule has 1 aromatic heterocycles. The van der Waals surface area contributed by atoms with Gasteiger partial charge in [0.15, 0.2) is 0 Å². The fraction of sp³-hybridized carbons (Fsp3) is 0. The lowest BCUT2D eigenvalue weighted by molar-refractivity contribution is 1.15. The van der Waals surface area contributed by atoms with Crippen LogP contribution in [0.25, 0.3) is 16.8 Å². The van der Waals surface area contributed by atoms with Gasteiger partial charge in [-0.2, -0.15) is 0 Å². The van der Waals surface area contributed by atoms with E-state index in [1.165, 1.54) is 17.1 Å². The van der Waals surface area contributed by atoms with Crippen LogP contribution in [0.3, 0.4) is 0 Å². The van der Waals surface area contributed by atoms with Crippen molar-refractivity contribution in [2.75, 3.05) is 0 Å². The SMILES string of the molecule is C=Cc1ccncn1.c1cc2ccc1cc2. The van der Waals surface area contributed by atoms with Gasteiger partial charge in [-0.3, -0.25) is 0 Å². The summed E-state index contributed by atoms with van der Waals surface area (Å²) in [4.78, 5) is 7.60. The summed E-state index contributed by atoms with van der Waals surface area (Å²) < 4.78 is 0. The molecule has 2 nitrogen and oxygen atoms in total. The molecule has 0 aliphatic carbocycles. The van der Waals surface area contributed by atoms with Crippen LogP contribution in [0.1, 0.15) is 5.69 Å². The number of fused-ring (bicyclic) bond motifs is 3. The van der Waals surface area contributed by atoms with Crippen LogP contribution in [0.2, 0.25) is 0 Å². The quantitative estimate of drug-likeness (QED) is 0.612. The third kappa shape index (κ3) is 2.64. The average Bonchev–Trinajstić information content (AvgIpc) is 2.43. The molecular weight excluding hydrogens is 196 g/mol. The molecule has 0 N–H and O–H groups in total. The molecular formula is C14H12N2. The Morgan fingerprint density at radius 2 is 1.44 bits per heavy atom. The van der Waals surface area contributed by atoms with Crippen molar-refractivity contribution in [3.05, 3.63) is 67.3 Å². The zero-order chi connectivity index (χ0) is 11.2. The fourth-order valence-electron chi connectivity index (χ4n) is 1.33. The Morgan fingerprint density at radius 3 is 1.69 bits per heavy atom. The molecule has 2 heteroatoms. The normalized spacial score (nSPS) is 9.50. The lowest BCUT2D eigenvalue weighted by atomic mass is 10.1. The maximum absolute atomic E-state index is 3.87. The Bertz CT molecular complexity index is 469. The van der Waals surface area contributed by atoms with Gasteiger partial charge in [-0.15, -0.1) is 0 Å². The number of rotatable bonds is 1. The van der Waals surface area contributed by atoms with E-state index in [-0.39, 0.29) is 0 Å². The van der Waals surface area contributed by atoms with Crippen molar-refractivity contribution in [2.45, 2.75) is 0 Å². The van der Waals surface area contributed by atoms with Crippen molar-refractivity contribution in [1.29, 1.82) is 0 Å². The zero-order valence-corrected chi connectivity index (χ0v) is 8.88. The van der Waals surface area contributed by atoms with Gasteiger partial charge < -0.3 is 0 Å². The summed E-state index contributed by atoms with van der Waals surface area (Å²) in [7, 11) is 0. The van der Waals surface area contributed by atoms with Gasteiger partial charge in [0, 0.05) is 6.20 Å². The minimum atomic E-state index is 0.861. The van der Waals surface area contributed by atoms with E-state index < -0.39 is 0 Å². The van der Waals surface area contributed by atoms with Crippen LogP contribution in [0, 0.1) is 0 Å². The lowest BCUT2D eigenvalue weighted by Crippen LogP contribution is -1.77. The maximum atomic E-state index is 3.87. The van der Waals surface area contributed by atoms with Crippen LogP contribution in [0.4, 0.5) is 0 Å². The second-order valence-corrected chi connectivity index (χ2v) is 3.34. The number of aromatic nitrogens is 2. The number of nitrogens with zero attached hydrogens (tertiary/aromatic N) is 2. The molecule has 4 rings (SSSR count). The van der Waals surface area contributed by atoms with Gasteiger partial charge in [0.05, 0.1) is 5.69 Å². The first kappa shape index (κ1) is 10.3. The Morgan fingerprint density at radius 1 is 0.875 bits per heavy atom. The van der Waals surface area contributed by atoms with Crippen LogP contribution in [-0.2, 0) is 0 Å². The number of benzene rings is 3. The first-order valence-corrected chi connectivity index (χ1v) is 5.05. The molecule has 0 atom stereocenters. The third-order valence-electron chi connectivity index (χ3n) is 2.22. The smallest absolute Gasteiger partial charge is 0.115 e. The van der Waals surface area contributed by atoms with Gasteiger partial charge in [0.25, 0.3) is 0 Å². The minimum Gasteiger partial charge on any atom is -0.245 e. The molecule has 0 aliphatic heterocycles. The highest BCUT2D eigenvalue weighted by molar-refractivity contribution is 5.68. The summed E-state index contributed by atoms with van der Waals surface area (Å²) >= 11 is 0. The van der Waals surface area contributed by atoms with Crippen molar-refractivity contribution in [3.8, 4) is 0 Å². The van der Waals surface area contributed by atoms with Gasteiger partial charge in [-0.05, 0) is 22.9 Å². The number of hydrogen-bond acceptors (Lipinski definition) is 2. The van der Waals surface area contributed by atoms with E-state index >= 15 is 0 Å². The predicted octanol–water partition coefficient (Wildman–Crippen LogP) is 3.40. The van der Waals surface area contributed by atoms with Crippen molar-refractivity contribution in [2.24, 2.45) is 0 Å². The summed E-state index contributed by atoms with van der Waals surface area (Å²) in [5, 5.41) is 2.61. The van der Waals surface area contributed by atoms with Crippen LogP contribution >= 0.6 is 0 Å². The van der Waals surface area contributed by atoms with Gasteiger partial charge in [0.1, 0.15) is 6.33 Å². The summed E-state index contributed by atoms with van der Waals surface area (Å²) in [6.07, 6.45) is 4.86. The molecule has 78 valence electrons. The molecule has 4 aromatic rings. The van der Waals surface area contributed by atoms with Crippen molar-refractivity contribution < 1.29 is 0 Å². The van der Waals surface area contributed by atoms with E-state index in [1.807, 2.05) is 0 Å². The molecule has 0 fully saturated rings. The molecule has 0 radical (unpaired) electrons. The molecule has 3 aromatic carbocycles. The first-order chi connectivity index (χ1) is 7.88. The van der Waals surface area contributed by atoms with E-state index in [0.717, 1.165) is 5.69 Å². The molecule has 0 aliphatic rings. The highest BCUT2D eigenvalue weighted by Gasteiger charge is 1.84. The molecule has 16 heavy (non-hydrogen) atoms. The van der Waals surface area contributed by atoms with Crippen molar-refractivity contribution in [3.63, 3.8) is 0 Å². The van der Waals surface area contributed by atoms with E-state index in [1.54, 1.807) is 18.3 Å². The van der Waals surface area contributed by atoms with Crippen LogP contribution in [0.5, 0.6) is 0 Å². The molecule has 0 unspecified atom stereocenters. The monoisotopic (exact) mass is 208 g/mol. The van der Waals surface area contributed by atoms with Gasteiger partial charge in [-0.1, -0.05) is 43.0 Å². The second kappa shape index (κ2) is 5.03. The Kier molecular flexibility index (Phi) is 3.24. The van der Waals surface area contributed by atoms with Crippen molar-refractivity contribution >= 4 is 16.8 Å². The lowest BCUT2D eigenvalue weighted by Gasteiger charge is -1.92. The largest absolute Gasteiger partial charge is 0.245 e. The molecule has 0 saturated heterocycles. The van der Waals surface area contributed by atoms with E-state index in [9.17, 15) is 0 Å². The first-order valence-electron chi connectivity index (χ1n) is 5.05. The van der Waals surface area contributed by atoms with Crippen LogP contribution in [0.15, 0.2) is 61.6 Å². The van der Waals surface area contributed by atoms with Gasteiger partial charge in [0.2, 0.25) is 0 Å². The predicted molar refractivity (Wildman–Crippen MR) is 67.3 cm³/mol. The zero-order valence-electron chi connectivity index (χ0n) is 8.88. The second-order valence-electron chi connectivity index (χ2n) is 3.34. The minimum absolute atomic E-state index is 0.861. The van der Waals surface area contributed by atoms with Crippen LogP contribution < -0.4 is 0 Å². The Labute approximate surface area is 94.6 Å². The summed E-state index contributed by atoms with van der Waals surface area (Å²) in [6.45, 7) is 3.54. The highest BCUT2D eigenvalue weighted by Crippen LogP contribution is 2.09. The number of hydrogen-bond donors (Lipinski definition) is 0. The molecule has 2 bridgehead atoms. The van der Waals surface area contributed by atoms with Crippen LogP contribution in [-0.4, -0.2) is 9.97 Å². The maximum Gasteiger partial charge on any atom is 0.115 e. The van der Waals surface area contributed by atoms with Gasteiger partial charge >= 0.3 is 0 Å². The fourth-order valence-corrected chi connectivity index (χ4v) is 1.33. The summed E-state index contributed by atoms with van der Waals surface area (Å²) in [5.41, 5.74) is 0.861. The van der Waals surface area contributed by atoms with E-state index in [4.69, 9.17) is 0 Å². The topological polar surface area (TPSA) is 25.8 Å². The molecule has 1 heterocycles. The molecule has 0 saturated carbocycles. The third-order valence-corrected chi connectivity index (χ3v) is 2.22. The Balaban J connectivity index is 0.000000120. The highest BCUT2D eigenvalue weighted by atomic mass is 14.8. The van der Waals surface area contributed by atoms with E-state index in [0.29, 0.717) is 0 Å². The average molecular weight is 208 g/mol. The Hall–Kier alpha value is -2.22. The standard InChI is InChI=1S/C8H6.C6H6N2/c1-2-8-5-3-7(1)4-6-8;1-2-6-3-4-7-5-8-6/h1-6H;2-5H,1H2. The molecule has 0 amide bonds.